The number of aryl methyl sites for hydroxylation is 1. The van der Waals surface area contributed by atoms with Gasteiger partial charge >= 0.3 is 6.09 Å². The van der Waals surface area contributed by atoms with E-state index in [1.807, 2.05) is 20.0 Å². The first-order chi connectivity index (χ1) is 16.8. The van der Waals surface area contributed by atoms with Crippen molar-refractivity contribution < 1.29 is 27.2 Å². The number of likely N-dealkylation sites (tertiary alicyclic amines) is 1. The lowest BCUT2D eigenvalue weighted by Crippen LogP contribution is -2.70. The highest BCUT2D eigenvalue weighted by atomic mass is 32.2. The molecule has 1 unspecified atom stereocenters. The summed E-state index contributed by atoms with van der Waals surface area (Å²) in [7, 11) is -5.74. The number of nitrogens with zero attached hydrogens (tertiary/aromatic N) is 2. The van der Waals surface area contributed by atoms with Crippen LogP contribution in [0.5, 0.6) is 0 Å². The van der Waals surface area contributed by atoms with Crippen LogP contribution < -0.4 is 5.32 Å². The summed E-state index contributed by atoms with van der Waals surface area (Å²) in [5.74, 6) is -0.377. The summed E-state index contributed by atoms with van der Waals surface area (Å²) in [6.45, 7) is 17.7. The van der Waals surface area contributed by atoms with Gasteiger partial charge in [0.2, 0.25) is 15.9 Å². The Bertz CT molecular complexity index is 1110. The van der Waals surface area contributed by atoms with Crippen LogP contribution in [0.25, 0.3) is 0 Å². The lowest BCUT2D eigenvalue weighted by Gasteiger charge is -2.48. The topological polar surface area (TPSA) is 105 Å². The van der Waals surface area contributed by atoms with Crippen molar-refractivity contribution in [2.24, 2.45) is 11.3 Å². The van der Waals surface area contributed by atoms with Crippen LogP contribution in [0, 0.1) is 18.3 Å². The minimum absolute atomic E-state index is 0.0147. The van der Waals surface area contributed by atoms with Gasteiger partial charge in [-0.3, -0.25) is 9.69 Å². The minimum Gasteiger partial charge on any atom is -0.444 e. The predicted octanol–water partition coefficient (Wildman–Crippen LogP) is 3.48. The molecule has 0 spiro atoms. The molecular weight excluding hydrogens is 510 g/mol. The molecule has 2 fully saturated rings. The molecule has 2 saturated heterocycles. The summed E-state index contributed by atoms with van der Waals surface area (Å²) >= 11 is 0. The number of benzene rings is 1. The van der Waals surface area contributed by atoms with Crippen molar-refractivity contribution >= 4 is 31.1 Å². The molecule has 0 bridgehead atoms. The Hall–Kier alpha value is -1.95. The summed E-state index contributed by atoms with van der Waals surface area (Å²) in [6.07, 6.45) is -0.0636. The number of nitrogens with one attached hydrogen (secondary N) is 1. The fourth-order valence-electron chi connectivity index (χ4n) is 4.97. The van der Waals surface area contributed by atoms with Crippen molar-refractivity contribution in [2.45, 2.75) is 90.2 Å². The van der Waals surface area contributed by atoms with Gasteiger partial charge in [-0.1, -0.05) is 38.5 Å². The van der Waals surface area contributed by atoms with Gasteiger partial charge in [0.25, 0.3) is 0 Å². The lowest BCUT2D eigenvalue weighted by molar-refractivity contribution is -0.134. The van der Waals surface area contributed by atoms with E-state index in [0.717, 1.165) is 5.56 Å². The number of carbonyl (C=O) groups is 2. The monoisotopic (exact) mass is 553 g/mol. The summed E-state index contributed by atoms with van der Waals surface area (Å²) in [5.41, 5.74) is -1.17. The number of ether oxygens (including phenoxy) is 1. The van der Waals surface area contributed by atoms with Gasteiger partial charge in [-0.2, -0.15) is 4.31 Å². The SMILES string of the molecule is Cc1ccc(S(=O)(=O)N2CC(=O)NC([C@@]3(O[SiH](C)C)C[C@H](C(C)(C)C)CN3C(=O)OC(C)(C)C)C2)cc1. The molecule has 208 valence electrons. The third-order valence-corrected chi connectivity index (χ3v) is 9.63. The molecule has 3 atom stereocenters. The molecule has 1 aromatic rings. The van der Waals surface area contributed by atoms with E-state index in [1.165, 1.54) is 4.31 Å². The molecule has 1 N–H and O–H groups in total. The molecule has 2 heterocycles. The van der Waals surface area contributed by atoms with Gasteiger partial charge in [-0.05, 0) is 64.3 Å². The molecular formula is C26H43N3O6SSi. The zero-order valence-corrected chi connectivity index (χ0v) is 25.6. The number of hydrogen-bond acceptors (Lipinski definition) is 6. The van der Waals surface area contributed by atoms with Crippen LogP contribution in [0.15, 0.2) is 29.2 Å². The minimum atomic E-state index is -3.94. The zero-order chi connectivity index (χ0) is 28.0. The average molecular weight is 554 g/mol. The first kappa shape index (κ1) is 29.6. The van der Waals surface area contributed by atoms with E-state index in [9.17, 15) is 18.0 Å². The molecule has 2 aliphatic heterocycles. The van der Waals surface area contributed by atoms with Gasteiger partial charge in [-0.15, -0.1) is 0 Å². The zero-order valence-electron chi connectivity index (χ0n) is 23.6. The molecule has 3 rings (SSSR count). The number of sulfonamides is 1. The van der Waals surface area contributed by atoms with Crippen molar-refractivity contribution in [3.05, 3.63) is 29.8 Å². The molecule has 2 amide bonds. The number of amides is 2. The Kier molecular flexibility index (Phi) is 8.25. The second-order valence-electron chi connectivity index (χ2n) is 12.6. The second-order valence-corrected chi connectivity index (χ2v) is 16.9. The number of rotatable bonds is 5. The van der Waals surface area contributed by atoms with Crippen molar-refractivity contribution in [1.29, 1.82) is 0 Å². The van der Waals surface area contributed by atoms with E-state index in [2.05, 4.69) is 26.1 Å². The Balaban J connectivity index is 2.07. The summed E-state index contributed by atoms with van der Waals surface area (Å²) in [5, 5.41) is 2.99. The van der Waals surface area contributed by atoms with E-state index in [-0.39, 0.29) is 29.3 Å². The van der Waals surface area contributed by atoms with Gasteiger partial charge < -0.3 is 14.5 Å². The number of carbonyl (C=O) groups excluding carboxylic acids is 2. The third-order valence-electron chi connectivity index (χ3n) is 6.92. The second kappa shape index (κ2) is 10.3. The summed E-state index contributed by atoms with van der Waals surface area (Å²) in [6, 6.07) is 5.82. The van der Waals surface area contributed by atoms with Crippen LogP contribution in [0.1, 0.15) is 53.5 Å². The highest BCUT2D eigenvalue weighted by molar-refractivity contribution is 7.89. The number of piperazine rings is 1. The standard InChI is InChI=1S/C26H43N3O6SSi/c1-18-10-12-20(13-11-18)36(32,33)28-16-21(27-22(30)17-28)26(35-37(8)9)14-19(24(2,3)4)15-29(26)23(31)34-25(5,6)7/h10-13,19,21,37H,14-17H2,1-9H3,(H,27,30)/t19-,21?,26-/m0/s1. The molecule has 0 aromatic heterocycles. The molecule has 1 aromatic carbocycles. The van der Waals surface area contributed by atoms with Gasteiger partial charge in [0.05, 0.1) is 17.5 Å². The normalized spacial score (nSPS) is 25.9. The van der Waals surface area contributed by atoms with Gasteiger partial charge in [0.15, 0.2) is 14.8 Å². The van der Waals surface area contributed by atoms with Crippen LogP contribution in [0.4, 0.5) is 4.79 Å². The van der Waals surface area contributed by atoms with Crippen molar-refractivity contribution in [1.82, 2.24) is 14.5 Å². The van der Waals surface area contributed by atoms with Crippen molar-refractivity contribution in [3.8, 4) is 0 Å². The molecule has 0 saturated carbocycles. The first-order valence-corrected chi connectivity index (χ1v) is 17.1. The van der Waals surface area contributed by atoms with Crippen LogP contribution >= 0.6 is 0 Å². The van der Waals surface area contributed by atoms with Gasteiger partial charge in [0, 0.05) is 19.5 Å². The molecule has 2 aliphatic rings. The molecule has 11 heteroatoms. The molecule has 0 radical (unpaired) electrons. The van der Waals surface area contributed by atoms with Crippen molar-refractivity contribution in [3.63, 3.8) is 0 Å². The lowest BCUT2D eigenvalue weighted by atomic mass is 9.78. The van der Waals surface area contributed by atoms with Crippen LogP contribution in [-0.4, -0.2) is 75.7 Å². The predicted molar refractivity (Wildman–Crippen MR) is 145 cm³/mol. The average Bonchev–Trinajstić information content (AvgIpc) is 3.13. The Morgan fingerprint density at radius 2 is 1.68 bits per heavy atom. The van der Waals surface area contributed by atoms with Gasteiger partial charge in [-0.25, -0.2) is 13.2 Å². The Morgan fingerprint density at radius 1 is 1.08 bits per heavy atom. The highest BCUT2D eigenvalue weighted by Crippen LogP contribution is 2.46. The van der Waals surface area contributed by atoms with Crippen LogP contribution in [0.3, 0.4) is 0 Å². The molecule has 0 aliphatic carbocycles. The van der Waals surface area contributed by atoms with E-state index in [0.29, 0.717) is 13.0 Å². The molecule has 37 heavy (non-hydrogen) atoms. The van der Waals surface area contributed by atoms with E-state index < -0.39 is 48.4 Å². The molecule has 9 nitrogen and oxygen atoms in total. The maximum Gasteiger partial charge on any atom is 0.412 e. The quantitative estimate of drug-likeness (QED) is 0.560. The largest absolute Gasteiger partial charge is 0.444 e. The van der Waals surface area contributed by atoms with E-state index in [1.54, 1.807) is 49.9 Å². The van der Waals surface area contributed by atoms with Gasteiger partial charge in [0.1, 0.15) is 5.60 Å². The third kappa shape index (κ3) is 6.55. The fraction of sp³-hybridized carbons (Fsp3) is 0.692. The number of hydrogen-bond donors (Lipinski definition) is 1. The smallest absolute Gasteiger partial charge is 0.412 e. The van der Waals surface area contributed by atoms with Crippen LogP contribution in [0.2, 0.25) is 13.1 Å². The fourth-order valence-corrected chi connectivity index (χ4v) is 7.59. The Labute approximate surface area is 223 Å². The van der Waals surface area contributed by atoms with Crippen LogP contribution in [-0.2, 0) is 24.0 Å². The maximum atomic E-state index is 13.6. The highest BCUT2D eigenvalue weighted by Gasteiger charge is 2.59. The van der Waals surface area contributed by atoms with E-state index in [4.69, 9.17) is 9.16 Å². The van der Waals surface area contributed by atoms with Crippen molar-refractivity contribution in [2.75, 3.05) is 19.6 Å². The maximum absolute atomic E-state index is 13.6. The summed E-state index contributed by atoms with van der Waals surface area (Å²) in [4.78, 5) is 28.3. The van der Waals surface area contributed by atoms with E-state index >= 15 is 0 Å². The first-order valence-electron chi connectivity index (χ1n) is 12.9. The Morgan fingerprint density at radius 3 is 2.19 bits per heavy atom. The summed E-state index contributed by atoms with van der Waals surface area (Å²) < 4.78 is 40.8.